The van der Waals surface area contributed by atoms with Gasteiger partial charge < -0.3 is 19.7 Å². The third-order valence-corrected chi connectivity index (χ3v) is 7.41. The Kier molecular flexibility index (Phi) is 14.7. The Morgan fingerprint density at radius 1 is 0.895 bits per heavy atom. The number of benzene rings is 1. The van der Waals surface area contributed by atoms with Gasteiger partial charge in [-0.1, -0.05) is 82.2 Å². The number of hydrogen-bond acceptors (Lipinski definition) is 6. The summed E-state index contributed by atoms with van der Waals surface area (Å²) >= 11 is 0. The highest BCUT2D eigenvalue weighted by Crippen LogP contribution is 2.35. The minimum absolute atomic E-state index is 0.0109. The zero-order chi connectivity index (χ0) is 27.8. The largest absolute Gasteiger partial charge is 0.462 e. The number of unbranched alkanes of at least 4 members (excludes halogenated alkanes) is 4. The number of carbonyl (C=O) groups excluding carboxylic acids is 2. The first-order valence-electron chi connectivity index (χ1n) is 14.1. The van der Waals surface area contributed by atoms with Crippen molar-refractivity contribution in [2.24, 2.45) is 17.8 Å². The lowest BCUT2D eigenvalue weighted by Gasteiger charge is -2.32. The Labute approximate surface area is 228 Å². The van der Waals surface area contributed by atoms with Crippen molar-refractivity contribution in [1.29, 1.82) is 0 Å². The van der Waals surface area contributed by atoms with Gasteiger partial charge in [-0.15, -0.1) is 0 Å². The summed E-state index contributed by atoms with van der Waals surface area (Å²) in [5.74, 6) is -0.786. The van der Waals surface area contributed by atoms with Gasteiger partial charge in [-0.3, -0.25) is 0 Å². The molecule has 0 aromatic heterocycles. The molecular weight excluding hydrogens is 480 g/mol. The second-order valence-corrected chi connectivity index (χ2v) is 10.4. The molecule has 0 saturated heterocycles. The first-order valence-corrected chi connectivity index (χ1v) is 14.1. The van der Waals surface area contributed by atoms with E-state index in [1.807, 2.05) is 0 Å². The van der Waals surface area contributed by atoms with Gasteiger partial charge in [0.2, 0.25) is 0 Å². The van der Waals surface area contributed by atoms with Crippen molar-refractivity contribution in [3.05, 3.63) is 65.8 Å². The van der Waals surface area contributed by atoms with Gasteiger partial charge in [-0.05, 0) is 61.5 Å². The molecule has 0 spiro atoms. The highest BCUT2D eigenvalue weighted by Gasteiger charge is 2.29. The van der Waals surface area contributed by atoms with Crippen LogP contribution in [0.25, 0.3) is 6.08 Å². The fraction of sp³-hybridized carbons (Fsp3) is 0.562. The third-order valence-electron chi connectivity index (χ3n) is 7.41. The number of aliphatic hydroxyl groups excluding tert-OH is 2. The molecule has 210 valence electrons. The normalized spacial score (nSPS) is 17.5. The van der Waals surface area contributed by atoms with E-state index >= 15 is 0 Å². The summed E-state index contributed by atoms with van der Waals surface area (Å²) in [6.07, 6.45) is 16.0. The molecule has 6 heteroatoms. The minimum atomic E-state index is -0.650. The summed E-state index contributed by atoms with van der Waals surface area (Å²) in [4.78, 5) is 24.0. The van der Waals surface area contributed by atoms with E-state index in [1.165, 1.54) is 43.2 Å². The molecule has 0 heterocycles. The van der Waals surface area contributed by atoms with Crippen LogP contribution in [0.1, 0.15) is 75.8 Å². The van der Waals surface area contributed by atoms with Crippen LogP contribution in [0.5, 0.6) is 0 Å². The van der Waals surface area contributed by atoms with Crippen LogP contribution in [-0.2, 0) is 25.5 Å². The Balaban J connectivity index is 1.86. The Morgan fingerprint density at radius 3 is 1.97 bits per heavy atom. The highest BCUT2D eigenvalue weighted by atomic mass is 16.5. The van der Waals surface area contributed by atoms with Gasteiger partial charge in [0.1, 0.15) is 0 Å². The number of hydrogen-bond donors (Lipinski definition) is 2. The standard InChI is InChI=1S/C32H46O6/c1-4-5-6-7-8-9-26-10-12-27(13-11-26)14-15-28-16-18-29(19-17-28)30(22-37-31(35)24(2)20-33)23-38-32(36)25(3)21-34/h10-15,28-30,33-34H,2-9,16-23H2,1H3/b15-14+. The van der Waals surface area contributed by atoms with E-state index in [0.717, 1.165) is 32.1 Å². The van der Waals surface area contributed by atoms with Crippen molar-refractivity contribution < 1.29 is 29.3 Å². The number of allylic oxidation sites excluding steroid dienone is 1. The molecular formula is C32H46O6. The summed E-state index contributed by atoms with van der Waals surface area (Å²) in [6.45, 7) is 8.46. The predicted octanol–water partition coefficient (Wildman–Crippen LogP) is 5.82. The van der Waals surface area contributed by atoms with Crippen molar-refractivity contribution in [1.82, 2.24) is 0 Å². The van der Waals surface area contributed by atoms with Crippen LogP contribution in [-0.4, -0.2) is 48.6 Å². The number of aryl methyl sites for hydroxylation is 1. The van der Waals surface area contributed by atoms with Crippen molar-refractivity contribution in [3.8, 4) is 0 Å². The minimum Gasteiger partial charge on any atom is -0.462 e. The van der Waals surface area contributed by atoms with E-state index in [-0.39, 0.29) is 36.2 Å². The molecule has 0 radical (unpaired) electrons. The second kappa shape index (κ2) is 17.7. The van der Waals surface area contributed by atoms with Crippen LogP contribution in [0.15, 0.2) is 54.6 Å². The van der Waals surface area contributed by atoms with Crippen molar-refractivity contribution in [3.63, 3.8) is 0 Å². The van der Waals surface area contributed by atoms with E-state index in [2.05, 4.69) is 56.5 Å². The monoisotopic (exact) mass is 526 g/mol. The molecule has 38 heavy (non-hydrogen) atoms. The molecule has 0 bridgehead atoms. The summed E-state index contributed by atoms with van der Waals surface area (Å²) in [5.41, 5.74) is 2.59. The fourth-order valence-electron chi connectivity index (χ4n) is 4.80. The lowest BCUT2D eigenvalue weighted by atomic mass is 9.76. The molecule has 0 atom stereocenters. The lowest BCUT2D eigenvalue weighted by molar-refractivity contribution is -0.146. The van der Waals surface area contributed by atoms with Gasteiger partial charge >= 0.3 is 11.9 Å². The third kappa shape index (κ3) is 11.4. The molecule has 0 aliphatic heterocycles. The van der Waals surface area contributed by atoms with Crippen molar-refractivity contribution in [2.75, 3.05) is 26.4 Å². The molecule has 1 fully saturated rings. The first kappa shape index (κ1) is 31.5. The van der Waals surface area contributed by atoms with Crippen molar-refractivity contribution >= 4 is 18.0 Å². The molecule has 0 unspecified atom stereocenters. The zero-order valence-corrected chi connectivity index (χ0v) is 23.0. The summed E-state index contributed by atoms with van der Waals surface area (Å²) in [6, 6.07) is 8.87. The molecule has 0 amide bonds. The molecule has 2 N–H and O–H groups in total. The maximum atomic E-state index is 12.0. The molecule has 1 aliphatic rings. The summed E-state index contributed by atoms with van der Waals surface area (Å²) in [5, 5.41) is 18.2. The van der Waals surface area contributed by atoms with Crippen LogP contribution in [0.4, 0.5) is 0 Å². The van der Waals surface area contributed by atoms with E-state index in [9.17, 15) is 9.59 Å². The first-order chi connectivity index (χ1) is 18.4. The second-order valence-electron chi connectivity index (χ2n) is 10.4. The van der Waals surface area contributed by atoms with Crippen LogP contribution in [0, 0.1) is 17.8 Å². The van der Waals surface area contributed by atoms with Gasteiger partial charge in [-0.25, -0.2) is 9.59 Å². The maximum Gasteiger partial charge on any atom is 0.335 e. The summed E-state index contributed by atoms with van der Waals surface area (Å²) in [7, 11) is 0. The Morgan fingerprint density at radius 2 is 1.45 bits per heavy atom. The van der Waals surface area contributed by atoms with Gasteiger partial charge in [-0.2, -0.15) is 0 Å². The van der Waals surface area contributed by atoms with E-state index < -0.39 is 25.2 Å². The van der Waals surface area contributed by atoms with Crippen molar-refractivity contribution in [2.45, 2.75) is 71.1 Å². The zero-order valence-electron chi connectivity index (χ0n) is 23.0. The molecule has 1 saturated carbocycles. The number of esters is 2. The average Bonchev–Trinajstić information content (AvgIpc) is 2.95. The van der Waals surface area contributed by atoms with Crippen LogP contribution in [0.2, 0.25) is 0 Å². The Bertz CT molecular complexity index is 876. The smallest absolute Gasteiger partial charge is 0.335 e. The van der Waals surface area contributed by atoms with E-state index in [0.29, 0.717) is 5.92 Å². The quantitative estimate of drug-likeness (QED) is 0.151. The molecule has 1 aliphatic carbocycles. The van der Waals surface area contributed by atoms with E-state index in [1.54, 1.807) is 0 Å². The van der Waals surface area contributed by atoms with Gasteiger partial charge in [0.15, 0.2) is 0 Å². The van der Waals surface area contributed by atoms with E-state index in [4.69, 9.17) is 19.7 Å². The Hall–Kier alpha value is -2.70. The maximum absolute atomic E-state index is 12.0. The number of carbonyl (C=O) groups is 2. The molecule has 6 nitrogen and oxygen atoms in total. The molecule has 1 aromatic rings. The lowest BCUT2D eigenvalue weighted by Crippen LogP contribution is -2.31. The number of rotatable bonds is 17. The highest BCUT2D eigenvalue weighted by molar-refractivity contribution is 5.88. The van der Waals surface area contributed by atoms with Gasteiger partial charge in [0.25, 0.3) is 0 Å². The topological polar surface area (TPSA) is 93.1 Å². The van der Waals surface area contributed by atoms with Crippen LogP contribution < -0.4 is 0 Å². The molecule has 1 aromatic carbocycles. The average molecular weight is 527 g/mol. The van der Waals surface area contributed by atoms with Crippen LogP contribution >= 0.6 is 0 Å². The summed E-state index contributed by atoms with van der Waals surface area (Å²) < 4.78 is 10.7. The fourth-order valence-corrected chi connectivity index (χ4v) is 4.80. The SMILES string of the molecule is C=C(CO)C(=O)OCC(COC(=O)C(=C)CO)C1CCC(/C=C/c2ccc(CCCCCCC)cc2)CC1. The predicted molar refractivity (Wildman–Crippen MR) is 151 cm³/mol. The van der Waals surface area contributed by atoms with Gasteiger partial charge in [0.05, 0.1) is 37.6 Å². The number of aliphatic hydroxyl groups is 2. The van der Waals surface area contributed by atoms with Crippen LogP contribution in [0.3, 0.4) is 0 Å². The van der Waals surface area contributed by atoms with Gasteiger partial charge in [0, 0.05) is 5.92 Å². The number of ether oxygens (including phenoxy) is 2. The molecule has 2 rings (SSSR count).